The van der Waals surface area contributed by atoms with E-state index in [0.717, 1.165) is 22.3 Å². The zero-order chi connectivity index (χ0) is 20.4. The molecule has 0 aliphatic heterocycles. The van der Waals surface area contributed by atoms with Crippen LogP contribution in [-0.4, -0.2) is 15.5 Å². The molecule has 0 saturated heterocycles. The predicted molar refractivity (Wildman–Crippen MR) is 115 cm³/mol. The van der Waals surface area contributed by atoms with E-state index in [1.807, 2.05) is 79.7 Å². The van der Waals surface area contributed by atoms with Crippen molar-refractivity contribution in [1.29, 1.82) is 0 Å². The molecule has 0 saturated carbocycles. The van der Waals surface area contributed by atoms with Crippen molar-refractivity contribution in [2.45, 2.75) is 13.8 Å². The second-order valence-electron chi connectivity index (χ2n) is 7.01. The number of hydrogen-bond donors (Lipinski definition) is 0. The van der Waals surface area contributed by atoms with Gasteiger partial charge in [0.25, 0.3) is 11.5 Å². The first-order chi connectivity index (χ1) is 14.0. The van der Waals surface area contributed by atoms with Gasteiger partial charge in [-0.15, -0.1) is 0 Å². The number of hydrogen-bond acceptors (Lipinski definition) is 3. The number of rotatable bonds is 3. The summed E-state index contributed by atoms with van der Waals surface area (Å²) in [6, 6.07) is 26.5. The first-order valence-corrected chi connectivity index (χ1v) is 9.41. The molecule has 4 heteroatoms. The van der Waals surface area contributed by atoms with Crippen molar-refractivity contribution in [1.82, 2.24) is 9.55 Å². The standard InChI is InChI=1S/C25H20N2O2/c1-17-13-18(2)27(24(28)14-17)25(29)23-16-21(19-9-5-3-6-10-19)15-22(26-23)20-11-7-4-8-12-20/h3-16H,1-2H3. The average Bonchev–Trinajstić information content (AvgIpc) is 2.74. The molecule has 0 aliphatic rings. The van der Waals surface area contributed by atoms with Crippen molar-refractivity contribution < 1.29 is 4.79 Å². The van der Waals surface area contributed by atoms with E-state index in [1.165, 1.54) is 10.6 Å². The molecule has 29 heavy (non-hydrogen) atoms. The van der Waals surface area contributed by atoms with Gasteiger partial charge < -0.3 is 0 Å². The number of aryl methyl sites for hydroxylation is 2. The third-order valence-corrected chi connectivity index (χ3v) is 4.79. The molecule has 2 aromatic carbocycles. The highest BCUT2D eigenvalue weighted by Crippen LogP contribution is 2.26. The Kier molecular flexibility index (Phi) is 4.92. The summed E-state index contributed by atoms with van der Waals surface area (Å²) in [6.45, 7) is 3.59. The second kappa shape index (κ2) is 7.68. The molecule has 4 nitrogen and oxygen atoms in total. The molecule has 0 atom stereocenters. The van der Waals surface area contributed by atoms with Crippen molar-refractivity contribution in [2.75, 3.05) is 0 Å². The number of carbonyl (C=O) groups excluding carboxylic acids is 1. The minimum Gasteiger partial charge on any atom is -0.269 e. The lowest BCUT2D eigenvalue weighted by molar-refractivity contribution is 0.0949. The summed E-state index contributed by atoms with van der Waals surface area (Å²) in [5.41, 5.74) is 4.76. The molecule has 0 N–H and O–H groups in total. The molecule has 0 spiro atoms. The summed E-state index contributed by atoms with van der Waals surface area (Å²) in [4.78, 5) is 30.4. The molecule has 2 heterocycles. The fourth-order valence-corrected chi connectivity index (χ4v) is 3.44. The van der Waals surface area contributed by atoms with Crippen molar-refractivity contribution in [3.8, 4) is 22.4 Å². The SMILES string of the molecule is Cc1cc(C)n(C(=O)c2cc(-c3ccccc3)cc(-c3ccccc3)n2)c(=O)c1. The molecule has 0 amide bonds. The van der Waals surface area contributed by atoms with Crippen molar-refractivity contribution in [3.05, 3.63) is 112 Å². The minimum atomic E-state index is -0.428. The smallest absolute Gasteiger partial charge is 0.269 e. The van der Waals surface area contributed by atoms with Crippen LogP contribution >= 0.6 is 0 Å². The van der Waals surface area contributed by atoms with Gasteiger partial charge in [0.05, 0.1) is 5.69 Å². The Balaban J connectivity index is 1.91. The Hall–Kier alpha value is -3.79. The molecule has 0 radical (unpaired) electrons. The van der Waals surface area contributed by atoms with Crippen LogP contribution in [-0.2, 0) is 0 Å². The molecule has 0 aliphatic carbocycles. The molecule has 0 fully saturated rings. The molecule has 0 bridgehead atoms. The first-order valence-electron chi connectivity index (χ1n) is 9.41. The fourth-order valence-electron chi connectivity index (χ4n) is 3.44. The van der Waals surface area contributed by atoms with Gasteiger partial charge >= 0.3 is 0 Å². The largest absolute Gasteiger partial charge is 0.283 e. The molecular weight excluding hydrogens is 360 g/mol. The van der Waals surface area contributed by atoms with E-state index < -0.39 is 5.91 Å². The summed E-state index contributed by atoms with van der Waals surface area (Å²) in [5, 5.41) is 0. The summed E-state index contributed by atoms with van der Waals surface area (Å²) in [5.74, 6) is -0.428. The van der Waals surface area contributed by atoms with Crippen LogP contribution in [0.15, 0.2) is 89.7 Å². The van der Waals surface area contributed by atoms with Crippen molar-refractivity contribution >= 4 is 5.91 Å². The van der Waals surface area contributed by atoms with Crippen LogP contribution in [0.25, 0.3) is 22.4 Å². The van der Waals surface area contributed by atoms with E-state index in [0.29, 0.717) is 11.4 Å². The van der Waals surface area contributed by atoms with E-state index in [2.05, 4.69) is 4.98 Å². The van der Waals surface area contributed by atoms with E-state index in [1.54, 1.807) is 13.0 Å². The monoisotopic (exact) mass is 380 g/mol. The normalized spacial score (nSPS) is 10.7. The van der Waals surface area contributed by atoms with Crippen molar-refractivity contribution in [2.24, 2.45) is 0 Å². The Morgan fingerprint density at radius 1 is 0.759 bits per heavy atom. The van der Waals surface area contributed by atoms with Gasteiger partial charge in [0, 0.05) is 17.3 Å². The van der Waals surface area contributed by atoms with Gasteiger partial charge in [-0.3, -0.25) is 9.59 Å². The van der Waals surface area contributed by atoms with Gasteiger partial charge in [0.15, 0.2) is 0 Å². The Bertz CT molecular complexity index is 1190. The molecular formula is C25H20N2O2. The van der Waals surface area contributed by atoms with Crippen molar-refractivity contribution in [3.63, 3.8) is 0 Å². The average molecular weight is 380 g/mol. The lowest BCUT2D eigenvalue weighted by atomic mass is 10.0. The number of benzene rings is 2. The van der Waals surface area contributed by atoms with Gasteiger partial charge in [-0.05, 0) is 48.7 Å². The van der Waals surface area contributed by atoms with Gasteiger partial charge in [0.1, 0.15) is 5.69 Å². The second-order valence-corrected chi connectivity index (χ2v) is 7.01. The third kappa shape index (κ3) is 3.78. The number of carbonyl (C=O) groups is 1. The maximum absolute atomic E-state index is 13.3. The predicted octanol–water partition coefficient (Wildman–Crippen LogP) is 4.88. The van der Waals surface area contributed by atoms with Crippen LogP contribution in [0.1, 0.15) is 21.7 Å². The van der Waals surface area contributed by atoms with Crippen LogP contribution < -0.4 is 5.56 Å². The highest BCUT2D eigenvalue weighted by Gasteiger charge is 2.17. The molecule has 0 unspecified atom stereocenters. The summed E-state index contributed by atoms with van der Waals surface area (Å²) >= 11 is 0. The van der Waals surface area contributed by atoms with Crippen LogP contribution in [0, 0.1) is 13.8 Å². The Labute approximate surface area is 169 Å². The van der Waals surface area contributed by atoms with Gasteiger partial charge in [0.2, 0.25) is 0 Å². The van der Waals surface area contributed by atoms with Gasteiger partial charge in [-0.25, -0.2) is 9.55 Å². The van der Waals surface area contributed by atoms with Gasteiger partial charge in [-0.2, -0.15) is 0 Å². The first kappa shape index (κ1) is 18.6. The minimum absolute atomic E-state index is 0.235. The Morgan fingerprint density at radius 2 is 1.38 bits per heavy atom. The summed E-state index contributed by atoms with van der Waals surface area (Å²) < 4.78 is 1.18. The van der Waals surface area contributed by atoms with Gasteiger partial charge in [-0.1, -0.05) is 60.7 Å². The highest BCUT2D eigenvalue weighted by atomic mass is 16.2. The lowest BCUT2D eigenvalue weighted by Gasteiger charge is -2.12. The molecule has 4 aromatic rings. The molecule has 2 aromatic heterocycles. The number of nitrogens with zero attached hydrogens (tertiary/aromatic N) is 2. The third-order valence-electron chi connectivity index (χ3n) is 4.79. The van der Waals surface area contributed by atoms with E-state index >= 15 is 0 Å². The molecule has 142 valence electrons. The summed E-state index contributed by atoms with van der Waals surface area (Å²) in [6.07, 6.45) is 0. The number of aromatic nitrogens is 2. The van der Waals surface area contributed by atoms with Crippen LogP contribution in [0.2, 0.25) is 0 Å². The van der Waals surface area contributed by atoms with E-state index in [-0.39, 0.29) is 11.3 Å². The fraction of sp³-hybridized carbons (Fsp3) is 0.0800. The lowest BCUT2D eigenvalue weighted by Crippen LogP contribution is -2.29. The maximum Gasteiger partial charge on any atom is 0.283 e. The quantitative estimate of drug-likeness (QED) is 0.509. The van der Waals surface area contributed by atoms with E-state index in [4.69, 9.17) is 0 Å². The topological polar surface area (TPSA) is 52.0 Å². The van der Waals surface area contributed by atoms with Crippen LogP contribution in [0.3, 0.4) is 0 Å². The maximum atomic E-state index is 13.3. The van der Waals surface area contributed by atoms with E-state index in [9.17, 15) is 9.59 Å². The van der Waals surface area contributed by atoms with Crippen LogP contribution in [0.4, 0.5) is 0 Å². The zero-order valence-corrected chi connectivity index (χ0v) is 16.3. The highest BCUT2D eigenvalue weighted by molar-refractivity contribution is 5.96. The number of pyridine rings is 2. The zero-order valence-electron chi connectivity index (χ0n) is 16.3. The summed E-state index contributed by atoms with van der Waals surface area (Å²) in [7, 11) is 0. The Morgan fingerprint density at radius 3 is 2.00 bits per heavy atom. The molecule has 4 rings (SSSR count). The van der Waals surface area contributed by atoms with Crippen LogP contribution in [0.5, 0.6) is 0 Å².